The summed E-state index contributed by atoms with van der Waals surface area (Å²) in [5.41, 5.74) is 8.93. The summed E-state index contributed by atoms with van der Waals surface area (Å²) in [5.74, 6) is -1.26. The van der Waals surface area contributed by atoms with Gasteiger partial charge in [0.15, 0.2) is 16.5 Å². The van der Waals surface area contributed by atoms with Crippen LogP contribution in [0.2, 0.25) is 0 Å². The number of carbonyl (C=O) groups excluding carboxylic acids is 3. The first-order valence-electron chi connectivity index (χ1n) is 9.64. The Morgan fingerprint density at radius 2 is 1.97 bits per heavy atom. The van der Waals surface area contributed by atoms with Gasteiger partial charge in [-0.1, -0.05) is 39.2 Å². The van der Waals surface area contributed by atoms with Gasteiger partial charge >= 0.3 is 5.97 Å². The van der Waals surface area contributed by atoms with E-state index in [1.807, 2.05) is 27.7 Å². The predicted octanol–water partition coefficient (Wildman–Crippen LogP) is 4.10. The molecular formula is C19H29N5O4S. The molecule has 160 valence electrons. The summed E-state index contributed by atoms with van der Waals surface area (Å²) in [5, 5.41) is 5.37. The normalized spacial score (nSPS) is 13.9. The van der Waals surface area contributed by atoms with Crippen LogP contribution in [0, 0.1) is 11.8 Å². The number of ether oxygens (including phenoxy) is 1. The highest BCUT2D eigenvalue weighted by Crippen LogP contribution is 2.22. The van der Waals surface area contributed by atoms with Crippen LogP contribution in [-0.4, -0.2) is 53.3 Å². The number of esters is 1. The van der Waals surface area contributed by atoms with Crippen LogP contribution in [0.25, 0.3) is 10.4 Å². The van der Waals surface area contributed by atoms with Crippen LogP contribution in [0.15, 0.2) is 10.5 Å². The predicted molar refractivity (Wildman–Crippen MR) is 111 cm³/mol. The van der Waals surface area contributed by atoms with E-state index >= 15 is 0 Å². The van der Waals surface area contributed by atoms with Crippen molar-refractivity contribution >= 4 is 29.0 Å². The van der Waals surface area contributed by atoms with Gasteiger partial charge in [-0.2, -0.15) is 0 Å². The molecule has 0 saturated heterocycles. The van der Waals surface area contributed by atoms with E-state index < -0.39 is 18.1 Å². The van der Waals surface area contributed by atoms with Crippen molar-refractivity contribution in [2.24, 2.45) is 17.0 Å². The van der Waals surface area contributed by atoms with Crippen molar-refractivity contribution in [3.8, 4) is 0 Å². The standard InChI is InChI=1S/C19H29N5O4S/c1-7-12(5)16(22-23-20)18(26)24(6)14(11(3)4)9-15(25)17-21-13(10-29-17)19(27)28-8-2/h10-12,14,16H,7-9H2,1-6H3/t12?,14-,16-/m0/s1. The van der Waals surface area contributed by atoms with Gasteiger partial charge in [0.2, 0.25) is 5.91 Å². The molecule has 1 aromatic rings. The van der Waals surface area contributed by atoms with Gasteiger partial charge in [0, 0.05) is 29.8 Å². The molecule has 1 aromatic heterocycles. The van der Waals surface area contributed by atoms with E-state index in [9.17, 15) is 14.4 Å². The van der Waals surface area contributed by atoms with E-state index in [-0.39, 0.29) is 47.3 Å². The van der Waals surface area contributed by atoms with Crippen LogP contribution in [0.1, 0.15) is 67.8 Å². The number of nitrogens with zero attached hydrogens (tertiary/aromatic N) is 5. The van der Waals surface area contributed by atoms with Gasteiger partial charge in [0.05, 0.1) is 6.61 Å². The molecule has 0 aliphatic carbocycles. The van der Waals surface area contributed by atoms with Crippen molar-refractivity contribution in [1.82, 2.24) is 9.88 Å². The lowest BCUT2D eigenvalue weighted by atomic mass is 9.94. The minimum atomic E-state index is -0.818. The van der Waals surface area contributed by atoms with E-state index in [0.717, 1.165) is 11.3 Å². The Morgan fingerprint density at radius 3 is 2.48 bits per heavy atom. The third kappa shape index (κ3) is 6.54. The van der Waals surface area contributed by atoms with Crippen molar-refractivity contribution in [2.45, 2.75) is 59.5 Å². The quantitative estimate of drug-likeness (QED) is 0.174. The molecule has 0 aromatic carbocycles. The number of ketones is 1. The Morgan fingerprint density at radius 1 is 1.31 bits per heavy atom. The van der Waals surface area contributed by atoms with Crippen LogP contribution in [0.4, 0.5) is 0 Å². The molecule has 1 unspecified atom stereocenters. The topological polar surface area (TPSA) is 125 Å². The third-order valence-electron chi connectivity index (χ3n) is 4.85. The van der Waals surface area contributed by atoms with Crippen LogP contribution in [0.3, 0.4) is 0 Å². The van der Waals surface area contributed by atoms with Crippen molar-refractivity contribution in [2.75, 3.05) is 13.7 Å². The molecule has 0 saturated carbocycles. The molecule has 10 heteroatoms. The van der Waals surface area contributed by atoms with Crippen molar-refractivity contribution in [3.63, 3.8) is 0 Å². The number of amides is 1. The molecule has 0 radical (unpaired) electrons. The molecule has 1 amide bonds. The number of azide groups is 1. The third-order valence-corrected chi connectivity index (χ3v) is 5.73. The molecule has 0 fully saturated rings. The summed E-state index contributed by atoms with van der Waals surface area (Å²) >= 11 is 1.08. The number of likely N-dealkylation sites (N-methyl/N-ethyl adjacent to an activating group) is 1. The maximum atomic E-state index is 12.9. The monoisotopic (exact) mass is 423 g/mol. The second kappa shape index (κ2) is 11.5. The number of Topliss-reactive ketones (excluding diaryl/α,β-unsaturated/α-hetero) is 1. The second-order valence-corrected chi connectivity index (χ2v) is 8.04. The Balaban J connectivity index is 2.99. The number of aromatic nitrogens is 1. The summed E-state index contributed by atoms with van der Waals surface area (Å²) in [6, 6.07) is -1.22. The summed E-state index contributed by atoms with van der Waals surface area (Å²) in [7, 11) is 1.62. The zero-order chi connectivity index (χ0) is 22.1. The fourth-order valence-electron chi connectivity index (χ4n) is 2.86. The Hall–Kier alpha value is -2.45. The average Bonchev–Trinajstić information content (AvgIpc) is 3.19. The fourth-order valence-corrected chi connectivity index (χ4v) is 3.59. The van der Waals surface area contributed by atoms with E-state index in [4.69, 9.17) is 10.3 Å². The average molecular weight is 424 g/mol. The molecule has 9 nitrogen and oxygen atoms in total. The van der Waals surface area contributed by atoms with E-state index in [1.54, 1.807) is 14.0 Å². The molecule has 1 heterocycles. The first-order valence-corrected chi connectivity index (χ1v) is 10.5. The highest BCUT2D eigenvalue weighted by atomic mass is 32.1. The summed E-state index contributed by atoms with van der Waals surface area (Å²) < 4.78 is 4.89. The van der Waals surface area contributed by atoms with Crippen LogP contribution >= 0.6 is 11.3 Å². The molecular weight excluding hydrogens is 394 g/mol. The minimum absolute atomic E-state index is 0.0129. The zero-order valence-electron chi connectivity index (χ0n) is 17.8. The summed E-state index contributed by atoms with van der Waals surface area (Å²) in [4.78, 5) is 45.8. The van der Waals surface area contributed by atoms with Gasteiger partial charge in [-0.3, -0.25) is 9.59 Å². The van der Waals surface area contributed by atoms with Gasteiger partial charge in [-0.15, -0.1) is 11.3 Å². The van der Waals surface area contributed by atoms with Crippen LogP contribution < -0.4 is 0 Å². The van der Waals surface area contributed by atoms with Crippen LogP contribution in [0.5, 0.6) is 0 Å². The first kappa shape index (κ1) is 24.6. The maximum Gasteiger partial charge on any atom is 0.357 e. The molecule has 0 N–H and O–H groups in total. The smallest absolute Gasteiger partial charge is 0.357 e. The van der Waals surface area contributed by atoms with E-state index in [1.165, 1.54) is 10.3 Å². The van der Waals surface area contributed by atoms with E-state index in [2.05, 4.69) is 15.0 Å². The number of carbonyl (C=O) groups is 3. The summed E-state index contributed by atoms with van der Waals surface area (Å²) in [6.45, 7) is 9.53. The zero-order valence-corrected chi connectivity index (χ0v) is 18.6. The number of hydrogen-bond donors (Lipinski definition) is 0. The summed E-state index contributed by atoms with van der Waals surface area (Å²) in [6.07, 6.45) is 0.740. The van der Waals surface area contributed by atoms with Crippen molar-refractivity contribution in [1.29, 1.82) is 0 Å². The fraction of sp³-hybridized carbons (Fsp3) is 0.684. The minimum Gasteiger partial charge on any atom is -0.461 e. The Labute approximate surface area is 175 Å². The van der Waals surface area contributed by atoms with Gasteiger partial charge in [0.25, 0.3) is 0 Å². The van der Waals surface area contributed by atoms with Gasteiger partial charge < -0.3 is 9.64 Å². The molecule has 0 aliphatic heterocycles. The number of thiazole rings is 1. The molecule has 0 bridgehead atoms. The molecule has 3 atom stereocenters. The lowest BCUT2D eigenvalue weighted by molar-refractivity contribution is -0.135. The number of rotatable bonds is 11. The van der Waals surface area contributed by atoms with Crippen LogP contribution in [-0.2, 0) is 9.53 Å². The van der Waals surface area contributed by atoms with Gasteiger partial charge in [-0.25, -0.2) is 9.78 Å². The largest absolute Gasteiger partial charge is 0.461 e. The lowest BCUT2D eigenvalue weighted by Crippen LogP contribution is -2.47. The van der Waals surface area contributed by atoms with Crippen molar-refractivity contribution in [3.05, 3.63) is 26.5 Å². The van der Waals surface area contributed by atoms with Gasteiger partial charge in [0.1, 0.15) is 6.04 Å². The highest BCUT2D eigenvalue weighted by molar-refractivity contribution is 7.11. The molecule has 0 spiro atoms. The van der Waals surface area contributed by atoms with Crippen molar-refractivity contribution < 1.29 is 19.1 Å². The highest BCUT2D eigenvalue weighted by Gasteiger charge is 2.32. The van der Waals surface area contributed by atoms with Gasteiger partial charge in [-0.05, 0) is 24.3 Å². The molecule has 0 aliphatic rings. The molecule has 29 heavy (non-hydrogen) atoms. The Kier molecular flexibility index (Phi) is 9.77. The molecule has 1 rings (SSSR count). The first-order chi connectivity index (χ1) is 13.7. The van der Waals surface area contributed by atoms with E-state index in [0.29, 0.717) is 6.42 Å². The number of hydrogen-bond acceptors (Lipinski definition) is 7. The lowest BCUT2D eigenvalue weighted by Gasteiger charge is -2.33. The maximum absolute atomic E-state index is 12.9. The second-order valence-electron chi connectivity index (χ2n) is 7.18. The Bertz CT molecular complexity index is 772. The SMILES string of the molecule is CCOC(=O)c1csc(C(=O)C[C@@H](C(C)C)N(C)C(=O)[C@@H](N=[N+]=[N-])C(C)CC)n1.